The number of ether oxygens (including phenoxy) is 1. The highest BCUT2D eigenvalue weighted by Crippen LogP contribution is 2.51. The second kappa shape index (κ2) is 6.16. The molecule has 25 heavy (non-hydrogen) atoms. The second-order valence-corrected chi connectivity index (χ2v) is 7.41. The minimum Gasteiger partial charge on any atom is -0.379 e. The van der Waals surface area contributed by atoms with Crippen molar-refractivity contribution in [3.05, 3.63) is 23.8 Å². The van der Waals surface area contributed by atoms with Gasteiger partial charge in [-0.1, -0.05) is 6.92 Å². The molecule has 1 aromatic rings. The topological polar surface area (TPSA) is 57.3 Å². The third kappa shape index (κ3) is 2.76. The highest BCUT2D eigenvalue weighted by Gasteiger charge is 2.52. The van der Waals surface area contributed by atoms with Crippen LogP contribution in [0.25, 0.3) is 0 Å². The van der Waals surface area contributed by atoms with Crippen molar-refractivity contribution in [3.63, 3.8) is 0 Å². The van der Waals surface area contributed by atoms with E-state index < -0.39 is 6.09 Å². The molecule has 7 heteroatoms. The average molecular weight is 346 g/mol. The molecule has 3 aliphatic rings. The molecule has 0 spiro atoms. The van der Waals surface area contributed by atoms with E-state index in [0.29, 0.717) is 32.5 Å². The Labute approximate surface area is 148 Å². The Balaban J connectivity index is 1.50. The number of amides is 1. The molecule has 3 aliphatic heterocycles. The van der Waals surface area contributed by atoms with Gasteiger partial charge in [0, 0.05) is 30.4 Å². The summed E-state index contributed by atoms with van der Waals surface area (Å²) >= 11 is 0. The summed E-state index contributed by atoms with van der Waals surface area (Å²) in [6.07, 6.45) is 1.05. The number of morpholine rings is 1. The van der Waals surface area contributed by atoms with Gasteiger partial charge in [0.25, 0.3) is 0 Å². The fourth-order valence-corrected chi connectivity index (χ4v) is 4.55. The zero-order valence-electron chi connectivity index (χ0n) is 15.1. The van der Waals surface area contributed by atoms with E-state index in [1.54, 1.807) is 5.06 Å². The van der Waals surface area contributed by atoms with E-state index in [-0.39, 0.29) is 5.41 Å². The maximum Gasteiger partial charge on any atom is 0.430 e. The number of likely N-dealkylation sites (tertiary alicyclic amines) is 1. The molecule has 0 radical (unpaired) electrons. The molecule has 0 bridgehead atoms. The third-order valence-electron chi connectivity index (χ3n) is 5.76. The lowest BCUT2D eigenvalue weighted by atomic mass is 9.81. The number of hydroxylamine groups is 2. The first-order valence-corrected chi connectivity index (χ1v) is 8.88. The number of nitrogens with zero attached hydrogens (tertiary/aromatic N) is 3. The van der Waals surface area contributed by atoms with Crippen molar-refractivity contribution >= 4 is 17.5 Å². The molecule has 0 saturated carbocycles. The van der Waals surface area contributed by atoms with Crippen LogP contribution in [-0.2, 0) is 15.0 Å². The molecule has 1 N–H and O–H groups in total. The largest absolute Gasteiger partial charge is 0.430 e. The summed E-state index contributed by atoms with van der Waals surface area (Å²) in [5.74, 6) is 0. The molecule has 0 aliphatic carbocycles. The van der Waals surface area contributed by atoms with E-state index in [2.05, 4.69) is 48.3 Å². The van der Waals surface area contributed by atoms with Crippen LogP contribution in [-0.4, -0.2) is 69.2 Å². The highest BCUT2D eigenvalue weighted by molar-refractivity contribution is 5.85. The lowest BCUT2D eigenvalue weighted by Crippen LogP contribution is -2.45. The summed E-state index contributed by atoms with van der Waals surface area (Å²) in [7, 11) is 4.33. The van der Waals surface area contributed by atoms with Gasteiger partial charge in [0.1, 0.15) is 0 Å². The summed E-state index contributed by atoms with van der Waals surface area (Å²) in [6, 6.07) is 6.14. The van der Waals surface area contributed by atoms with Crippen LogP contribution < -0.4 is 10.2 Å². The molecular weight excluding hydrogens is 320 g/mol. The first-order chi connectivity index (χ1) is 12.0. The summed E-state index contributed by atoms with van der Waals surface area (Å²) in [6.45, 7) is 5.79. The van der Waals surface area contributed by atoms with Crippen LogP contribution >= 0.6 is 0 Å². The van der Waals surface area contributed by atoms with Gasteiger partial charge in [-0.2, -0.15) is 0 Å². The minimum atomic E-state index is -0.446. The van der Waals surface area contributed by atoms with E-state index in [1.165, 1.54) is 11.3 Å². The quantitative estimate of drug-likeness (QED) is 0.882. The van der Waals surface area contributed by atoms with Crippen molar-refractivity contribution in [2.45, 2.75) is 24.9 Å². The Kier molecular flexibility index (Phi) is 4.10. The van der Waals surface area contributed by atoms with E-state index >= 15 is 0 Å². The first-order valence-electron chi connectivity index (χ1n) is 8.88. The fraction of sp³-hybridized carbons (Fsp3) is 0.611. The fourth-order valence-electron chi connectivity index (χ4n) is 4.55. The smallest absolute Gasteiger partial charge is 0.379 e. The van der Waals surface area contributed by atoms with E-state index in [4.69, 9.17) is 9.57 Å². The van der Waals surface area contributed by atoms with Crippen LogP contribution in [0.5, 0.6) is 0 Å². The normalized spacial score (nSPS) is 29.4. The van der Waals surface area contributed by atoms with Gasteiger partial charge in [-0.05, 0) is 37.2 Å². The Morgan fingerprint density at radius 2 is 2.04 bits per heavy atom. The van der Waals surface area contributed by atoms with E-state index in [9.17, 15) is 4.79 Å². The van der Waals surface area contributed by atoms with Crippen molar-refractivity contribution in [2.75, 3.05) is 57.2 Å². The summed E-state index contributed by atoms with van der Waals surface area (Å²) in [4.78, 5) is 22.3. The Morgan fingerprint density at radius 3 is 2.80 bits per heavy atom. The molecular formula is C18H26N4O3. The minimum absolute atomic E-state index is 0.0879. The summed E-state index contributed by atoms with van der Waals surface area (Å²) < 4.78 is 5.26. The first kappa shape index (κ1) is 16.6. The molecule has 1 aromatic carbocycles. The van der Waals surface area contributed by atoms with Crippen molar-refractivity contribution in [3.8, 4) is 0 Å². The monoisotopic (exact) mass is 346 g/mol. The lowest BCUT2D eigenvalue weighted by molar-refractivity contribution is -0.142. The van der Waals surface area contributed by atoms with Gasteiger partial charge in [-0.3, -0.25) is 10.2 Å². The zero-order chi connectivity index (χ0) is 17.6. The van der Waals surface area contributed by atoms with Crippen LogP contribution in [0.15, 0.2) is 18.2 Å². The van der Waals surface area contributed by atoms with Gasteiger partial charge in [0.05, 0.1) is 32.5 Å². The van der Waals surface area contributed by atoms with Crippen molar-refractivity contribution in [1.29, 1.82) is 0 Å². The number of hydrogen-bond donors (Lipinski definition) is 1. The molecule has 3 heterocycles. The van der Waals surface area contributed by atoms with Crippen LogP contribution in [0, 0.1) is 0 Å². The van der Waals surface area contributed by atoms with Crippen LogP contribution in [0.2, 0.25) is 0 Å². The van der Waals surface area contributed by atoms with Crippen LogP contribution in [0.4, 0.5) is 16.2 Å². The predicted octanol–water partition coefficient (Wildman–Crippen LogP) is 1.85. The van der Waals surface area contributed by atoms with Crippen LogP contribution in [0.1, 0.15) is 18.9 Å². The molecule has 2 saturated heterocycles. The molecule has 1 amide bonds. The average Bonchev–Trinajstić information content (AvgIpc) is 3.01. The molecule has 7 nitrogen and oxygen atoms in total. The van der Waals surface area contributed by atoms with Crippen LogP contribution in [0.3, 0.4) is 0 Å². The molecule has 2 fully saturated rings. The zero-order valence-corrected chi connectivity index (χ0v) is 15.1. The molecule has 0 unspecified atom stereocenters. The number of benzene rings is 1. The van der Waals surface area contributed by atoms with Crippen molar-refractivity contribution in [1.82, 2.24) is 9.96 Å². The number of likely N-dealkylation sites (N-methyl/N-ethyl adjacent to an activating group) is 2. The Hall–Kier alpha value is -1.83. The third-order valence-corrected chi connectivity index (χ3v) is 5.76. The van der Waals surface area contributed by atoms with Gasteiger partial charge in [0.15, 0.2) is 0 Å². The molecule has 2 atom stereocenters. The van der Waals surface area contributed by atoms with Gasteiger partial charge >= 0.3 is 6.09 Å². The number of fused-ring (bicyclic) bond motifs is 3. The second-order valence-electron chi connectivity index (χ2n) is 7.41. The molecule has 136 valence electrons. The number of hydrogen-bond acceptors (Lipinski definition) is 6. The standard InChI is InChI=1S/C18H26N4O3/c1-18-6-7-20(2)16(18)21(3)15-5-4-13(12-14(15)18)19-17(23)25-22-8-10-24-11-9-22/h4-5,12,16H,6-11H2,1-3H3,(H,19,23)/t16-,18-/m0/s1. The summed E-state index contributed by atoms with van der Waals surface area (Å²) in [5.41, 5.74) is 3.41. The van der Waals surface area contributed by atoms with Gasteiger partial charge in [-0.25, -0.2) is 4.79 Å². The Morgan fingerprint density at radius 1 is 1.28 bits per heavy atom. The number of rotatable bonds is 2. The van der Waals surface area contributed by atoms with Crippen molar-refractivity contribution < 1.29 is 14.4 Å². The number of carbonyl (C=O) groups is 1. The van der Waals surface area contributed by atoms with Gasteiger partial charge in [-0.15, -0.1) is 5.06 Å². The van der Waals surface area contributed by atoms with Gasteiger partial charge in [0.2, 0.25) is 0 Å². The maximum atomic E-state index is 12.2. The lowest BCUT2D eigenvalue weighted by Gasteiger charge is -2.32. The highest BCUT2D eigenvalue weighted by atomic mass is 16.7. The summed E-state index contributed by atoms with van der Waals surface area (Å²) in [5, 5.41) is 4.51. The van der Waals surface area contributed by atoms with E-state index in [0.717, 1.165) is 18.7 Å². The number of carbonyl (C=O) groups excluding carboxylic acids is 1. The number of anilines is 2. The van der Waals surface area contributed by atoms with Gasteiger partial charge < -0.3 is 14.5 Å². The molecule has 4 rings (SSSR count). The Bertz CT molecular complexity index is 676. The predicted molar refractivity (Wildman–Crippen MR) is 95.7 cm³/mol. The molecule has 0 aromatic heterocycles. The maximum absolute atomic E-state index is 12.2. The van der Waals surface area contributed by atoms with Crippen molar-refractivity contribution in [2.24, 2.45) is 0 Å². The SMILES string of the molecule is CN1CC[C@@]2(C)c3cc(NC(=O)ON4CCOCC4)ccc3N(C)[C@H]12. The number of nitrogens with one attached hydrogen (secondary N) is 1. The van der Waals surface area contributed by atoms with E-state index in [1.807, 2.05) is 6.07 Å².